The standard InChI is InChI=1S/C14H20N2O/c15-14(17)12-6-8-13(9-7-12)16-10-11-4-2-1-3-5-11/h1-5,12-13,16H,6-10H2,(H2,15,17). The molecule has 0 aromatic heterocycles. The summed E-state index contributed by atoms with van der Waals surface area (Å²) >= 11 is 0. The van der Waals surface area contributed by atoms with Crippen LogP contribution < -0.4 is 11.1 Å². The molecule has 0 spiro atoms. The fraction of sp³-hybridized carbons (Fsp3) is 0.500. The molecule has 0 atom stereocenters. The lowest BCUT2D eigenvalue weighted by atomic mass is 9.85. The molecule has 17 heavy (non-hydrogen) atoms. The van der Waals surface area contributed by atoms with Gasteiger partial charge in [-0.15, -0.1) is 0 Å². The molecule has 1 aliphatic carbocycles. The van der Waals surface area contributed by atoms with Gasteiger partial charge in [0.05, 0.1) is 0 Å². The Hall–Kier alpha value is -1.35. The summed E-state index contributed by atoms with van der Waals surface area (Å²) in [6, 6.07) is 10.9. The van der Waals surface area contributed by atoms with Gasteiger partial charge in [0.15, 0.2) is 0 Å². The molecule has 1 aromatic rings. The fourth-order valence-corrected chi connectivity index (χ4v) is 2.44. The Morgan fingerprint density at radius 3 is 2.41 bits per heavy atom. The van der Waals surface area contributed by atoms with Crippen LogP contribution in [0.15, 0.2) is 30.3 Å². The molecule has 1 saturated carbocycles. The highest BCUT2D eigenvalue weighted by molar-refractivity contribution is 5.76. The molecule has 1 aromatic carbocycles. The monoisotopic (exact) mass is 232 g/mol. The van der Waals surface area contributed by atoms with Gasteiger partial charge < -0.3 is 11.1 Å². The molecular formula is C14H20N2O. The van der Waals surface area contributed by atoms with Crippen molar-refractivity contribution in [3.8, 4) is 0 Å². The second-order valence-electron chi connectivity index (χ2n) is 4.82. The van der Waals surface area contributed by atoms with E-state index in [0.717, 1.165) is 32.2 Å². The van der Waals surface area contributed by atoms with Crippen LogP contribution in [0.3, 0.4) is 0 Å². The highest BCUT2D eigenvalue weighted by atomic mass is 16.1. The number of rotatable bonds is 4. The summed E-state index contributed by atoms with van der Waals surface area (Å²) in [5.41, 5.74) is 6.63. The normalized spacial score (nSPS) is 24.5. The first kappa shape index (κ1) is 12.1. The molecule has 3 heteroatoms. The average Bonchev–Trinajstić information content (AvgIpc) is 2.38. The van der Waals surface area contributed by atoms with Crippen molar-refractivity contribution in [2.24, 2.45) is 11.7 Å². The van der Waals surface area contributed by atoms with Crippen LogP contribution in [0, 0.1) is 5.92 Å². The van der Waals surface area contributed by atoms with Gasteiger partial charge in [0.25, 0.3) is 0 Å². The number of carbonyl (C=O) groups is 1. The van der Waals surface area contributed by atoms with Crippen molar-refractivity contribution in [2.75, 3.05) is 0 Å². The molecule has 3 nitrogen and oxygen atoms in total. The third kappa shape index (κ3) is 3.56. The van der Waals surface area contributed by atoms with Gasteiger partial charge in [-0.2, -0.15) is 0 Å². The lowest BCUT2D eigenvalue weighted by Crippen LogP contribution is -2.36. The molecule has 2 rings (SSSR count). The first-order valence-corrected chi connectivity index (χ1v) is 6.32. The summed E-state index contributed by atoms with van der Waals surface area (Å²) in [6.45, 7) is 0.909. The molecule has 92 valence electrons. The van der Waals surface area contributed by atoms with Crippen molar-refractivity contribution in [1.82, 2.24) is 5.32 Å². The fourth-order valence-electron chi connectivity index (χ4n) is 2.44. The first-order chi connectivity index (χ1) is 8.25. The van der Waals surface area contributed by atoms with E-state index in [2.05, 4.69) is 29.6 Å². The first-order valence-electron chi connectivity index (χ1n) is 6.32. The summed E-state index contributed by atoms with van der Waals surface area (Å²) in [7, 11) is 0. The van der Waals surface area contributed by atoms with Crippen molar-refractivity contribution in [2.45, 2.75) is 38.3 Å². The highest BCUT2D eigenvalue weighted by Gasteiger charge is 2.23. The molecule has 0 unspecified atom stereocenters. The maximum Gasteiger partial charge on any atom is 0.220 e. The van der Waals surface area contributed by atoms with Gasteiger partial charge >= 0.3 is 0 Å². The van der Waals surface area contributed by atoms with E-state index in [0.29, 0.717) is 6.04 Å². The number of carbonyl (C=O) groups excluding carboxylic acids is 1. The number of amides is 1. The van der Waals surface area contributed by atoms with Crippen molar-refractivity contribution in [3.05, 3.63) is 35.9 Å². The highest BCUT2D eigenvalue weighted by Crippen LogP contribution is 2.24. The molecule has 1 fully saturated rings. The molecular weight excluding hydrogens is 212 g/mol. The smallest absolute Gasteiger partial charge is 0.220 e. The number of nitrogens with one attached hydrogen (secondary N) is 1. The molecule has 0 aliphatic heterocycles. The Morgan fingerprint density at radius 2 is 1.82 bits per heavy atom. The molecule has 0 saturated heterocycles. The molecule has 3 N–H and O–H groups in total. The zero-order chi connectivity index (χ0) is 12.1. The van der Waals surface area contributed by atoms with Crippen LogP contribution in [0.25, 0.3) is 0 Å². The summed E-state index contributed by atoms with van der Waals surface area (Å²) in [5, 5.41) is 3.55. The van der Waals surface area contributed by atoms with E-state index in [9.17, 15) is 4.79 Å². The van der Waals surface area contributed by atoms with Crippen LogP contribution in [0.2, 0.25) is 0 Å². The Labute approximate surface area is 102 Å². The summed E-state index contributed by atoms with van der Waals surface area (Å²) in [6.07, 6.45) is 3.98. The number of hydrogen-bond donors (Lipinski definition) is 2. The minimum Gasteiger partial charge on any atom is -0.369 e. The largest absolute Gasteiger partial charge is 0.369 e. The van der Waals surface area contributed by atoms with Crippen LogP contribution >= 0.6 is 0 Å². The number of nitrogens with two attached hydrogens (primary N) is 1. The van der Waals surface area contributed by atoms with Gasteiger partial charge in [0.1, 0.15) is 0 Å². The van der Waals surface area contributed by atoms with Gasteiger partial charge in [0, 0.05) is 18.5 Å². The Kier molecular flexibility index (Phi) is 4.15. The molecule has 0 radical (unpaired) electrons. The SMILES string of the molecule is NC(=O)C1CCC(NCc2ccccc2)CC1. The Balaban J connectivity index is 1.74. The number of benzene rings is 1. The Bertz CT molecular complexity index is 356. The third-order valence-corrected chi connectivity index (χ3v) is 3.57. The average molecular weight is 232 g/mol. The van der Waals surface area contributed by atoms with E-state index in [1.54, 1.807) is 0 Å². The zero-order valence-corrected chi connectivity index (χ0v) is 10.1. The summed E-state index contributed by atoms with van der Waals surface area (Å²) in [5.74, 6) is -0.0312. The molecule has 1 aliphatic rings. The van der Waals surface area contributed by atoms with Crippen LogP contribution in [0.4, 0.5) is 0 Å². The quantitative estimate of drug-likeness (QED) is 0.832. The number of hydrogen-bond acceptors (Lipinski definition) is 2. The van der Waals surface area contributed by atoms with E-state index >= 15 is 0 Å². The van der Waals surface area contributed by atoms with E-state index < -0.39 is 0 Å². The van der Waals surface area contributed by atoms with Crippen LogP contribution in [-0.4, -0.2) is 11.9 Å². The van der Waals surface area contributed by atoms with Gasteiger partial charge in [-0.05, 0) is 31.2 Å². The predicted molar refractivity (Wildman–Crippen MR) is 68.2 cm³/mol. The summed E-state index contributed by atoms with van der Waals surface area (Å²) < 4.78 is 0. The number of primary amides is 1. The molecule has 1 amide bonds. The third-order valence-electron chi connectivity index (χ3n) is 3.57. The van der Waals surface area contributed by atoms with Gasteiger partial charge in [0.2, 0.25) is 5.91 Å². The van der Waals surface area contributed by atoms with Gasteiger partial charge in [-0.3, -0.25) is 4.79 Å². The minimum atomic E-state index is -0.133. The predicted octanol–water partition coefficient (Wildman–Crippen LogP) is 1.82. The second-order valence-corrected chi connectivity index (χ2v) is 4.82. The van der Waals surface area contributed by atoms with Crippen LogP contribution in [0.5, 0.6) is 0 Å². The maximum absolute atomic E-state index is 11.0. The zero-order valence-electron chi connectivity index (χ0n) is 10.1. The maximum atomic E-state index is 11.0. The van der Waals surface area contributed by atoms with E-state index in [4.69, 9.17) is 5.73 Å². The van der Waals surface area contributed by atoms with Crippen LogP contribution in [0.1, 0.15) is 31.2 Å². The topological polar surface area (TPSA) is 55.1 Å². The lowest BCUT2D eigenvalue weighted by Gasteiger charge is -2.27. The van der Waals surface area contributed by atoms with Crippen LogP contribution in [-0.2, 0) is 11.3 Å². The molecule has 0 heterocycles. The minimum absolute atomic E-state index is 0.102. The van der Waals surface area contributed by atoms with Crippen molar-refractivity contribution < 1.29 is 4.79 Å². The van der Waals surface area contributed by atoms with Gasteiger partial charge in [-0.25, -0.2) is 0 Å². The second kappa shape index (κ2) is 5.82. The van der Waals surface area contributed by atoms with Gasteiger partial charge in [-0.1, -0.05) is 30.3 Å². The van der Waals surface area contributed by atoms with E-state index in [-0.39, 0.29) is 11.8 Å². The van der Waals surface area contributed by atoms with Crippen molar-refractivity contribution >= 4 is 5.91 Å². The van der Waals surface area contributed by atoms with E-state index in [1.165, 1.54) is 5.56 Å². The summed E-state index contributed by atoms with van der Waals surface area (Å²) in [4.78, 5) is 11.0. The Morgan fingerprint density at radius 1 is 1.18 bits per heavy atom. The molecule has 0 bridgehead atoms. The lowest BCUT2D eigenvalue weighted by molar-refractivity contribution is -0.122. The van der Waals surface area contributed by atoms with Crippen molar-refractivity contribution in [3.63, 3.8) is 0 Å². The van der Waals surface area contributed by atoms with E-state index in [1.807, 2.05) is 6.07 Å². The van der Waals surface area contributed by atoms with Crippen molar-refractivity contribution in [1.29, 1.82) is 0 Å².